The number of halogens is 1. The van der Waals surface area contributed by atoms with Crippen molar-refractivity contribution in [1.29, 1.82) is 0 Å². The van der Waals surface area contributed by atoms with E-state index in [1.165, 1.54) is 140 Å². The number of hydrogen-bond acceptors (Lipinski definition) is 1. The zero-order valence-corrected chi connectivity index (χ0v) is 25.7. The molecule has 1 nitrogen and oxygen atoms in total. The van der Waals surface area contributed by atoms with Crippen molar-refractivity contribution in [3.05, 3.63) is 35.9 Å². The average Bonchev–Trinajstić information content (AvgIpc) is 2.87. The van der Waals surface area contributed by atoms with Crippen LogP contribution in [0.1, 0.15) is 153 Å². The van der Waals surface area contributed by atoms with E-state index in [1.54, 1.807) is 0 Å². The number of unbranched alkanes of at least 4 members (excludes halogenated alkanes) is 18. The minimum absolute atomic E-state index is 0.330. The second kappa shape index (κ2) is 22.9. The van der Waals surface area contributed by atoms with Gasteiger partial charge in [-0.05, 0) is 39.2 Å². The van der Waals surface area contributed by atoms with E-state index in [9.17, 15) is 4.79 Å². The molecule has 35 heavy (non-hydrogen) atoms. The average molecular weight is 570 g/mol. The van der Waals surface area contributed by atoms with Gasteiger partial charge in [-0.1, -0.05) is 160 Å². The van der Waals surface area contributed by atoms with Crippen molar-refractivity contribution >= 4 is 29.1 Å². The standard InChI is InChI=1S/C32H57BrOS/c1-3-5-7-9-11-13-15-17-19-24-28-35(33,30-32(34)31-26-22-21-23-27-31)29-25-20-18-16-14-12-10-8-6-4-2/h21-23,26-27H,3-20,24-25,28-30H2,1-2H3. The lowest BCUT2D eigenvalue weighted by Crippen LogP contribution is -2.16. The van der Waals surface area contributed by atoms with Gasteiger partial charge in [0.1, 0.15) is 0 Å². The number of benzene rings is 1. The molecule has 0 fully saturated rings. The molecule has 0 aromatic heterocycles. The first-order chi connectivity index (χ1) is 17.1. The molecular formula is C32H57BrOS. The highest BCUT2D eigenvalue weighted by atomic mass is 79.9. The van der Waals surface area contributed by atoms with Crippen molar-refractivity contribution in [2.75, 3.05) is 17.3 Å². The Morgan fingerprint density at radius 3 is 1.29 bits per heavy atom. The molecule has 0 N–H and O–H groups in total. The maximum absolute atomic E-state index is 13.0. The van der Waals surface area contributed by atoms with Crippen LogP contribution in [0.5, 0.6) is 0 Å². The number of rotatable bonds is 25. The number of ketones is 1. The van der Waals surface area contributed by atoms with Crippen LogP contribution in [0.15, 0.2) is 30.3 Å². The Morgan fingerprint density at radius 1 is 0.571 bits per heavy atom. The topological polar surface area (TPSA) is 17.1 Å². The summed E-state index contributed by atoms with van der Waals surface area (Å²) < 4.78 is 0. The minimum atomic E-state index is -1.04. The van der Waals surface area contributed by atoms with Gasteiger partial charge in [0.2, 0.25) is 0 Å². The van der Waals surface area contributed by atoms with E-state index >= 15 is 0 Å². The highest BCUT2D eigenvalue weighted by molar-refractivity contribution is 9.58. The number of Topliss-reactive ketones (excluding diaryl/α,β-unsaturated/α-hetero) is 1. The zero-order chi connectivity index (χ0) is 25.5. The van der Waals surface area contributed by atoms with Gasteiger partial charge in [-0.15, -0.1) is 0 Å². The molecule has 0 amide bonds. The van der Waals surface area contributed by atoms with Crippen LogP contribution < -0.4 is 0 Å². The predicted molar refractivity (Wildman–Crippen MR) is 166 cm³/mol. The van der Waals surface area contributed by atoms with Crippen molar-refractivity contribution in [2.45, 2.75) is 142 Å². The second-order valence-electron chi connectivity index (χ2n) is 10.6. The molecule has 0 bridgehead atoms. The van der Waals surface area contributed by atoms with Crippen molar-refractivity contribution in [1.82, 2.24) is 0 Å². The molecule has 0 unspecified atom stereocenters. The Kier molecular flexibility index (Phi) is 21.4. The summed E-state index contributed by atoms with van der Waals surface area (Å²) in [5, 5.41) is 0. The molecule has 0 aliphatic rings. The molecule has 0 atom stereocenters. The fraction of sp³-hybridized carbons (Fsp3) is 0.781. The number of carbonyl (C=O) groups excluding carboxylic acids is 1. The van der Waals surface area contributed by atoms with Crippen molar-refractivity contribution in [3.63, 3.8) is 0 Å². The Hall–Kier alpha value is -0.280. The summed E-state index contributed by atoms with van der Waals surface area (Å²) in [6.45, 7) is 4.57. The molecule has 1 aromatic rings. The largest absolute Gasteiger partial charge is 0.293 e. The smallest absolute Gasteiger partial charge is 0.171 e. The van der Waals surface area contributed by atoms with Crippen molar-refractivity contribution in [2.24, 2.45) is 0 Å². The van der Waals surface area contributed by atoms with E-state index in [-0.39, 0.29) is 0 Å². The van der Waals surface area contributed by atoms with Gasteiger partial charge in [0, 0.05) is 5.56 Å². The molecule has 0 heterocycles. The third-order valence-corrected chi connectivity index (χ3v) is 12.7. The lowest BCUT2D eigenvalue weighted by Gasteiger charge is -2.33. The predicted octanol–water partition coefficient (Wildman–Crippen LogP) is 11.8. The van der Waals surface area contributed by atoms with Gasteiger partial charge in [-0.3, -0.25) is 4.79 Å². The van der Waals surface area contributed by atoms with E-state index in [1.807, 2.05) is 30.3 Å². The molecule has 1 aromatic carbocycles. The van der Waals surface area contributed by atoms with Gasteiger partial charge < -0.3 is 0 Å². The first-order valence-electron chi connectivity index (χ1n) is 15.2. The van der Waals surface area contributed by atoms with Crippen LogP contribution in [0, 0.1) is 0 Å². The molecule has 0 spiro atoms. The fourth-order valence-corrected chi connectivity index (χ4v) is 9.45. The molecule has 0 radical (unpaired) electrons. The van der Waals surface area contributed by atoms with Crippen molar-refractivity contribution < 1.29 is 4.79 Å². The van der Waals surface area contributed by atoms with Crippen LogP contribution in [-0.4, -0.2) is 23.0 Å². The quantitative estimate of drug-likeness (QED) is 0.0845. The van der Waals surface area contributed by atoms with E-state index in [2.05, 4.69) is 28.7 Å². The van der Waals surface area contributed by atoms with Crippen LogP contribution >= 0.6 is 23.3 Å². The molecule has 1 rings (SSSR count). The molecule has 0 saturated heterocycles. The maximum atomic E-state index is 13.0. The Bertz CT molecular complexity index is 579. The third-order valence-electron chi connectivity index (χ3n) is 7.21. The van der Waals surface area contributed by atoms with Gasteiger partial charge in [0.25, 0.3) is 0 Å². The molecular weight excluding hydrogens is 512 g/mol. The summed E-state index contributed by atoms with van der Waals surface area (Å²) in [6.07, 6.45) is 27.5. The number of hydrogen-bond donors (Lipinski definition) is 0. The van der Waals surface area contributed by atoms with Gasteiger partial charge in [-0.2, -0.15) is 8.46 Å². The monoisotopic (exact) mass is 568 g/mol. The Balaban J connectivity index is 2.32. The second-order valence-corrected chi connectivity index (χ2v) is 17.8. The van der Waals surface area contributed by atoms with Gasteiger partial charge in [0.05, 0.1) is 5.75 Å². The van der Waals surface area contributed by atoms with E-state index in [4.69, 9.17) is 0 Å². The van der Waals surface area contributed by atoms with Gasteiger partial charge >= 0.3 is 0 Å². The van der Waals surface area contributed by atoms with E-state index in [0.717, 1.165) is 5.56 Å². The van der Waals surface area contributed by atoms with Crippen LogP contribution in [0.4, 0.5) is 0 Å². The molecule has 0 aliphatic heterocycles. The van der Waals surface area contributed by atoms with Gasteiger partial charge in [0.15, 0.2) is 5.78 Å². The van der Waals surface area contributed by atoms with Crippen LogP contribution in [-0.2, 0) is 0 Å². The Morgan fingerprint density at radius 2 is 0.914 bits per heavy atom. The summed E-state index contributed by atoms with van der Waals surface area (Å²) in [6, 6.07) is 9.94. The summed E-state index contributed by atoms with van der Waals surface area (Å²) in [4.78, 5) is 13.0. The normalized spacial score (nSPS) is 12.2. The van der Waals surface area contributed by atoms with Crippen LogP contribution in [0.2, 0.25) is 0 Å². The Labute approximate surface area is 228 Å². The molecule has 0 saturated carbocycles. The number of carbonyl (C=O) groups is 1. The highest BCUT2D eigenvalue weighted by Crippen LogP contribution is 2.57. The highest BCUT2D eigenvalue weighted by Gasteiger charge is 2.24. The summed E-state index contributed by atoms with van der Waals surface area (Å²) in [5.41, 5.74) is 0.884. The summed E-state index contributed by atoms with van der Waals surface area (Å²) >= 11 is 4.18. The summed E-state index contributed by atoms with van der Waals surface area (Å²) in [5.74, 6) is 3.46. The van der Waals surface area contributed by atoms with Crippen LogP contribution in [0.25, 0.3) is 0 Å². The van der Waals surface area contributed by atoms with Gasteiger partial charge in [-0.25, -0.2) is 0 Å². The molecule has 0 aliphatic carbocycles. The maximum Gasteiger partial charge on any atom is 0.171 e. The SMILES string of the molecule is CCCCCCCCCCCCS(Br)(CCCCCCCCCCCC)CC(=O)c1ccccc1. The van der Waals surface area contributed by atoms with E-state index < -0.39 is 8.46 Å². The first kappa shape index (κ1) is 32.7. The fourth-order valence-electron chi connectivity index (χ4n) is 4.89. The minimum Gasteiger partial charge on any atom is -0.293 e. The lowest BCUT2D eigenvalue weighted by molar-refractivity contribution is 0.102. The molecule has 204 valence electrons. The third kappa shape index (κ3) is 18.6. The zero-order valence-electron chi connectivity index (χ0n) is 23.3. The van der Waals surface area contributed by atoms with Crippen LogP contribution in [0.3, 0.4) is 0 Å². The first-order valence-corrected chi connectivity index (χ1v) is 19.1. The summed E-state index contributed by atoms with van der Waals surface area (Å²) in [7, 11) is -1.04. The lowest BCUT2D eigenvalue weighted by atomic mass is 10.1. The van der Waals surface area contributed by atoms with Crippen molar-refractivity contribution in [3.8, 4) is 0 Å². The van der Waals surface area contributed by atoms with E-state index in [0.29, 0.717) is 11.5 Å². The molecule has 3 heteroatoms.